The predicted octanol–water partition coefficient (Wildman–Crippen LogP) is 3.71. The van der Waals surface area contributed by atoms with Gasteiger partial charge in [0.2, 0.25) is 0 Å². The molecule has 1 aromatic rings. The minimum absolute atomic E-state index is 0.0956. The summed E-state index contributed by atoms with van der Waals surface area (Å²) in [6, 6.07) is 5.16. The highest BCUT2D eigenvalue weighted by molar-refractivity contribution is 9.10. The highest BCUT2D eigenvalue weighted by Crippen LogP contribution is 2.30. The Hall–Kier alpha value is -1.03. The lowest BCUT2D eigenvalue weighted by molar-refractivity contribution is 0.0910. The summed E-state index contributed by atoms with van der Waals surface area (Å²) in [5, 5.41) is 12.7. The summed E-state index contributed by atoms with van der Waals surface area (Å²) >= 11 is 3.21. The zero-order chi connectivity index (χ0) is 14.0. The van der Waals surface area contributed by atoms with Crippen molar-refractivity contribution in [3.05, 3.63) is 28.2 Å². The molecule has 3 nitrogen and oxygen atoms in total. The van der Waals surface area contributed by atoms with Gasteiger partial charge in [0.05, 0.1) is 4.47 Å². The van der Waals surface area contributed by atoms with Crippen LogP contribution < -0.4 is 5.32 Å². The molecular weight excluding hydrogens is 306 g/mol. The van der Waals surface area contributed by atoms with Crippen LogP contribution in [0.25, 0.3) is 0 Å². The molecule has 0 aliphatic heterocycles. The molecule has 0 heterocycles. The van der Waals surface area contributed by atoms with Crippen molar-refractivity contribution in [1.82, 2.24) is 5.32 Å². The van der Waals surface area contributed by atoms with Gasteiger partial charge >= 0.3 is 0 Å². The maximum absolute atomic E-state index is 12.1. The molecule has 1 fully saturated rings. The van der Waals surface area contributed by atoms with Crippen LogP contribution in [0.15, 0.2) is 22.7 Å². The van der Waals surface area contributed by atoms with Gasteiger partial charge in [-0.3, -0.25) is 4.79 Å². The number of carbonyl (C=O) groups is 1. The van der Waals surface area contributed by atoms with Crippen LogP contribution in [0.4, 0.5) is 0 Å². The van der Waals surface area contributed by atoms with E-state index in [-0.39, 0.29) is 17.7 Å². The Morgan fingerprint density at radius 3 is 2.68 bits per heavy atom. The van der Waals surface area contributed by atoms with E-state index >= 15 is 0 Å². The zero-order valence-electron chi connectivity index (χ0n) is 11.3. The summed E-state index contributed by atoms with van der Waals surface area (Å²) in [4.78, 5) is 12.1. The van der Waals surface area contributed by atoms with Gasteiger partial charge in [0.15, 0.2) is 0 Å². The number of halogens is 1. The average Bonchev–Trinajstić information content (AvgIpc) is 2.37. The number of phenolic OH excluding ortho intramolecular Hbond substituents is 1. The van der Waals surface area contributed by atoms with Gasteiger partial charge in [-0.15, -0.1) is 0 Å². The first kappa shape index (κ1) is 14.4. The Bertz CT molecular complexity index is 475. The number of aromatic hydroxyl groups is 1. The van der Waals surface area contributed by atoms with Crippen molar-refractivity contribution in [3.63, 3.8) is 0 Å². The van der Waals surface area contributed by atoms with Crippen LogP contribution in [0.1, 0.15) is 43.5 Å². The van der Waals surface area contributed by atoms with Crippen molar-refractivity contribution >= 4 is 21.8 Å². The fourth-order valence-corrected chi connectivity index (χ4v) is 2.85. The maximum atomic E-state index is 12.1. The van der Waals surface area contributed by atoms with Crippen LogP contribution in [-0.2, 0) is 0 Å². The van der Waals surface area contributed by atoms with Gasteiger partial charge in [-0.2, -0.15) is 0 Å². The third-order valence-corrected chi connectivity index (χ3v) is 4.81. The number of phenols is 1. The molecule has 2 N–H and O–H groups in total. The molecule has 1 aliphatic rings. The summed E-state index contributed by atoms with van der Waals surface area (Å²) in [6.45, 7) is 4.52. The van der Waals surface area contributed by atoms with Crippen molar-refractivity contribution in [3.8, 4) is 5.75 Å². The SMILES string of the molecule is CC1CCC(NC(=O)c2ccc(Br)c(O)c2)CC1C. The lowest BCUT2D eigenvalue weighted by Crippen LogP contribution is -2.39. The molecule has 0 saturated heterocycles. The molecule has 104 valence electrons. The third-order valence-electron chi connectivity index (χ3n) is 4.14. The van der Waals surface area contributed by atoms with Gasteiger partial charge < -0.3 is 10.4 Å². The summed E-state index contributed by atoms with van der Waals surface area (Å²) in [5.41, 5.74) is 0.506. The normalized spacial score (nSPS) is 27.0. The Balaban J connectivity index is 1.99. The Morgan fingerprint density at radius 1 is 1.32 bits per heavy atom. The van der Waals surface area contributed by atoms with E-state index in [9.17, 15) is 9.90 Å². The number of amides is 1. The molecule has 3 atom stereocenters. The highest BCUT2D eigenvalue weighted by Gasteiger charge is 2.25. The van der Waals surface area contributed by atoms with E-state index in [0.29, 0.717) is 16.0 Å². The Morgan fingerprint density at radius 2 is 2.05 bits per heavy atom. The average molecular weight is 326 g/mol. The molecule has 1 aromatic carbocycles. The van der Waals surface area contributed by atoms with Crippen molar-refractivity contribution in [2.24, 2.45) is 11.8 Å². The van der Waals surface area contributed by atoms with E-state index in [0.717, 1.165) is 25.2 Å². The van der Waals surface area contributed by atoms with Crippen LogP contribution in [-0.4, -0.2) is 17.1 Å². The largest absolute Gasteiger partial charge is 0.507 e. The third kappa shape index (κ3) is 3.50. The molecule has 1 amide bonds. The van der Waals surface area contributed by atoms with Crippen molar-refractivity contribution in [2.45, 2.75) is 39.2 Å². The number of rotatable bonds is 2. The van der Waals surface area contributed by atoms with Crippen LogP contribution in [0.3, 0.4) is 0 Å². The van der Waals surface area contributed by atoms with Crippen LogP contribution in [0.5, 0.6) is 5.75 Å². The van der Waals surface area contributed by atoms with E-state index < -0.39 is 0 Å². The lowest BCUT2D eigenvalue weighted by Gasteiger charge is -2.32. The van der Waals surface area contributed by atoms with Crippen LogP contribution in [0.2, 0.25) is 0 Å². The molecular formula is C15H20BrNO2. The molecule has 19 heavy (non-hydrogen) atoms. The fraction of sp³-hybridized carbons (Fsp3) is 0.533. The molecule has 3 unspecified atom stereocenters. The minimum atomic E-state index is -0.102. The molecule has 1 aliphatic carbocycles. The minimum Gasteiger partial charge on any atom is -0.507 e. The number of hydrogen-bond donors (Lipinski definition) is 2. The molecule has 0 radical (unpaired) electrons. The van der Waals surface area contributed by atoms with Gasteiger partial charge in [-0.25, -0.2) is 0 Å². The van der Waals surface area contributed by atoms with Gasteiger partial charge in [0.25, 0.3) is 5.91 Å². The zero-order valence-corrected chi connectivity index (χ0v) is 12.9. The smallest absolute Gasteiger partial charge is 0.251 e. The second kappa shape index (κ2) is 5.95. The standard InChI is InChI=1S/C15H20BrNO2/c1-9-3-5-12(7-10(9)2)17-15(19)11-4-6-13(16)14(18)8-11/h4,6,8-10,12,18H,3,5,7H2,1-2H3,(H,17,19). The monoisotopic (exact) mass is 325 g/mol. The van der Waals surface area contributed by atoms with Crippen LogP contribution in [0, 0.1) is 11.8 Å². The summed E-state index contributed by atoms with van der Waals surface area (Å²) < 4.78 is 0.601. The summed E-state index contributed by atoms with van der Waals surface area (Å²) in [7, 11) is 0. The predicted molar refractivity (Wildman–Crippen MR) is 79.2 cm³/mol. The van der Waals surface area contributed by atoms with Gasteiger partial charge in [-0.1, -0.05) is 13.8 Å². The van der Waals surface area contributed by atoms with E-state index in [2.05, 4.69) is 35.1 Å². The molecule has 0 aromatic heterocycles. The number of nitrogens with one attached hydrogen (secondary N) is 1. The molecule has 0 bridgehead atoms. The quantitative estimate of drug-likeness (QED) is 0.870. The first-order valence-electron chi connectivity index (χ1n) is 6.76. The highest BCUT2D eigenvalue weighted by atomic mass is 79.9. The second-order valence-electron chi connectivity index (χ2n) is 5.60. The molecule has 4 heteroatoms. The summed E-state index contributed by atoms with van der Waals surface area (Å²) in [5.74, 6) is 1.38. The first-order valence-corrected chi connectivity index (χ1v) is 7.56. The van der Waals surface area contributed by atoms with Gasteiger partial charge in [0.1, 0.15) is 5.75 Å². The molecule has 2 rings (SSSR count). The van der Waals surface area contributed by atoms with Gasteiger partial charge in [-0.05, 0) is 65.2 Å². The van der Waals surface area contributed by atoms with Crippen LogP contribution >= 0.6 is 15.9 Å². The number of hydrogen-bond acceptors (Lipinski definition) is 2. The van der Waals surface area contributed by atoms with E-state index in [1.165, 1.54) is 6.07 Å². The van der Waals surface area contributed by atoms with E-state index in [4.69, 9.17) is 0 Å². The first-order chi connectivity index (χ1) is 8.97. The van der Waals surface area contributed by atoms with E-state index in [1.807, 2.05) is 0 Å². The Kier molecular flexibility index (Phi) is 4.50. The molecule has 0 spiro atoms. The maximum Gasteiger partial charge on any atom is 0.251 e. The second-order valence-corrected chi connectivity index (χ2v) is 6.46. The number of benzene rings is 1. The summed E-state index contributed by atoms with van der Waals surface area (Å²) in [6.07, 6.45) is 3.24. The number of carbonyl (C=O) groups excluding carboxylic acids is 1. The lowest BCUT2D eigenvalue weighted by atomic mass is 9.79. The van der Waals surface area contributed by atoms with Crippen molar-refractivity contribution in [2.75, 3.05) is 0 Å². The fourth-order valence-electron chi connectivity index (χ4n) is 2.60. The topological polar surface area (TPSA) is 49.3 Å². The van der Waals surface area contributed by atoms with Crippen molar-refractivity contribution < 1.29 is 9.90 Å². The molecule has 1 saturated carbocycles. The Labute approximate surface area is 122 Å². The van der Waals surface area contributed by atoms with Gasteiger partial charge in [0, 0.05) is 11.6 Å². The van der Waals surface area contributed by atoms with Crippen molar-refractivity contribution in [1.29, 1.82) is 0 Å². The van der Waals surface area contributed by atoms with E-state index in [1.54, 1.807) is 12.1 Å².